The van der Waals surface area contributed by atoms with Crippen LogP contribution in [0.5, 0.6) is 0 Å². The molecule has 0 aromatic heterocycles. The lowest BCUT2D eigenvalue weighted by Crippen LogP contribution is -2.45. The van der Waals surface area contributed by atoms with Gasteiger partial charge in [-0.15, -0.1) is 0 Å². The Balaban J connectivity index is 4.60. The van der Waals surface area contributed by atoms with E-state index in [2.05, 4.69) is 0 Å². The number of hydrogen-bond acceptors (Lipinski definition) is 4. The number of likely N-dealkylation sites (N-methyl/N-ethyl adjacent to an activating group) is 1. The number of carbonyl (C=O) groups is 2. The van der Waals surface area contributed by atoms with Crippen LogP contribution in [0.4, 0.5) is 0 Å². The van der Waals surface area contributed by atoms with Gasteiger partial charge in [-0.2, -0.15) is 0 Å². The van der Waals surface area contributed by atoms with Gasteiger partial charge in [0, 0.05) is 18.0 Å². The molecule has 0 aliphatic carbocycles. The van der Waals surface area contributed by atoms with E-state index in [1.807, 2.05) is 21.1 Å². The largest absolute Gasteiger partial charge is 0.550 e. The molecule has 0 heterocycles. The number of ether oxygens (including phenoxy) is 1. The molecule has 1 atom stereocenters. The molecule has 0 radical (unpaired) electrons. The number of allylic oxidation sites excluding steroid dienone is 1. The number of hydrogen-bond donors (Lipinski definition) is 0. The third-order valence-electron chi connectivity index (χ3n) is 2.17. The van der Waals surface area contributed by atoms with E-state index in [-0.39, 0.29) is 6.42 Å². The smallest absolute Gasteiger partial charge is 0.333 e. The van der Waals surface area contributed by atoms with Crippen LogP contribution in [0, 0.1) is 0 Å². The minimum absolute atomic E-state index is 0.280. The van der Waals surface area contributed by atoms with Crippen LogP contribution in [-0.4, -0.2) is 50.2 Å². The van der Waals surface area contributed by atoms with E-state index in [1.54, 1.807) is 19.9 Å². The van der Waals surface area contributed by atoms with Gasteiger partial charge in [0.05, 0.1) is 21.1 Å². The number of carboxylic acid groups (broad SMARTS) is 1. The summed E-state index contributed by atoms with van der Waals surface area (Å²) in [6.07, 6.45) is 0.685. The fourth-order valence-electron chi connectivity index (χ4n) is 1.30. The highest BCUT2D eigenvalue weighted by molar-refractivity contribution is 5.87. The van der Waals surface area contributed by atoms with Crippen molar-refractivity contribution in [2.24, 2.45) is 0 Å². The fourth-order valence-corrected chi connectivity index (χ4v) is 1.30. The number of quaternary nitrogens is 1. The molecular formula is C12H21NO4. The maximum atomic E-state index is 11.5. The molecule has 0 spiro atoms. The summed E-state index contributed by atoms with van der Waals surface area (Å²) in [5.41, 5.74) is 0.467. The second kappa shape index (κ2) is 6.39. The summed E-state index contributed by atoms with van der Waals surface area (Å²) in [7, 11) is 5.70. The number of carbonyl (C=O) groups excluding carboxylic acids is 2. The van der Waals surface area contributed by atoms with Crippen molar-refractivity contribution in [2.75, 3.05) is 27.7 Å². The first kappa shape index (κ1) is 15.6. The fraction of sp³-hybridized carbons (Fsp3) is 0.667. The van der Waals surface area contributed by atoms with Crippen LogP contribution in [0.25, 0.3) is 0 Å². The lowest BCUT2D eigenvalue weighted by molar-refractivity contribution is -0.873. The molecule has 0 fully saturated rings. The van der Waals surface area contributed by atoms with Crippen LogP contribution >= 0.6 is 0 Å². The van der Waals surface area contributed by atoms with Gasteiger partial charge >= 0.3 is 5.97 Å². The second-order valence-corrected chi connectivity index (χ2v) is 5.05. The first-order valence-corrected chi connectivity index (χ1v) is 5.50. The number of rotatable bonds is 6. The zero-order chi connectivity index (χ0) is 13.6. The van der Waals surface area contributed by atoms with Crippen molar-refractivity contribution in [2.45, 2.75) is 26.4 Å². The molecule has 0 saturated heterocycles. The van der Waals surface area contributed by atoms with Crippen LogP contribution in [-0.2, 0) is 14.3 Å². The highest BCUT2D eigenvalue weighted by Crippen LogP contribution is 2.07. The Morgan fingerprint density at radius 3 is 2.24 bits per heavy atom. The normalized spacial score (nSPS) is 14.3. The van der Waals surface area contributed by atoms with Crippen molar-refractivity contribution < 1.29 is 23.9 Å². The quantitative estimate of drug-likeness (QED) is 0.365. The van der Waals surface area contributed by atoms with Gasteiger partial charge in [-0.1, -0.05) is 6.08 Å². The lowest BCUT2D eigenvalue weighted by Gasteiger charge is -2.29. The molecule has 0 aromatic carbocycles. The molecular weight excluding hydrogens is 222 g/mol. The molecule has 0 aliphatic heterocycles. The van der Waals surface area contributed by atoms with Crippen LogP contribution < -0.4 is 5.11 Å². The molecule has 0 rings (SSSR count). The van der Waals surface area contributed by atoms with E-state index in [4.69, 9.17) is 4.74 Å². The van der Waals surface area contributed by atoms with Gasteiger partial charge in [0.2, 0.25) is 0 Å². The van der Waals surface area contributed by atoms with E-state index >= 15 is 0 Å². The minimum atomic E-state index is -1.21. The molecule has 0 aliphatic rings. The number of esters is 1. The van der Waals surface area contributed by atoms with Crippen molar-refractivity contribution in [3.63, 3.8) is 0 Å². The van der Waals surface area contributed by atoms with Crippen LogP contribution in [0.3, 0.4) is 0 Å². The van der Waals surface area contributed by atoms with Crippen LogP contribution in [0.15, 0.2) is 11.6 Å². The zero-order valence-corrected chi connectivity index (χ0v) is 11.1. The molecule has 0 saturated carbocycles. The number of aliphatic carboxylic acids is 1. The minimum Gasteiger partial charge on any atom is -0.550 e. The van der Waals surface area contributed by atoms with Gasteiger partial charge in [-0.05, 0) is 13.8 Å². The Morgan fingerprint density at radius 1 is 1.35 bits per heavy atom. The van der Waals surface area contributed by atoms with E-state index in [0.29, 0.717) is 16.6 Å². The second-order valence-electron chi connectivity index (χ2n) is 5.05. The predicted octanol–water partition coefficient (Wildman–Crippen LogP) is -0.289. The van der Waals surface area contributed by atoms with Crippen molar-refractivity contribution in [1.82, 2.24) is 0 Å². The molecule has 5 nitrogen and oxygen atoms in total. The molecule has 17 heavy (non-hydrogen) atoms. The predicted molar refractivity (Wildman–Crippen MR) is 61.8 cm³/mol. The zero-order valence-electron chi connectivity index (χ0n) is 11.1. The van der Waals surface area contributed by atoms with E-state index in [0.717, 1.165) is 0 Å². The van der Waals surface area contributed by atoms with Crippen LogP contribution in [0.1, 0.15) is 20.3 Å². The Kier molecular flexibility index (Phi) is 5.88. The molecule has 0 N–H and O–H groups in total. The van der Waals surface area contributed by atoms with Gasteiger partial charge < -0.3 is 19.1 Å². The topological polar surface area (TPSA) is 66.4 Å². The van der Waals surface area contributed by atoms with Crippen molar-refractivity contribution in [3.8, 4) is 0 Å². The highest BCUT2D eigenvalue weighted by atomic mass is 16.5. The number of nitrogens with zero attached hydrogens (tertiary/aromatic N) is 1. The van der Waals surface area contributed by atoms with Gasteiger partial charge in [0.25, 0.3) is 0 Å². The van der Waals surface area contributed by atoms with Gasteiger partial charge in [0.1, 0.15) is 6.54 Å². The first-order chi connectivity index (χ1) is 7.65. The summed E-state index contributed by atoms with van der Waals surface area (Å²) < 4.78 is 5.66. The third kappa shape index (κ3) is 7.52. The summed E-state index contributed by atoms with van der Waals surface area (Å²) in [4.78, 5) is 22.1. The monoisotopic (exact) mass is 243 g/mol. The maximum absolute atomic E-state index is 11.5. The van der Waals surface area contributed by atoms with Gasteiger partial charge in [-0.3, -0.25) is 0 Å². The highest BCUT2D eigenvalue weighted by Gasteiger charge is 2.22. The summed E-state index contributed by atoms with van der Waals surface area (Å²) in [6.45, 7) is 3.78. The average Bonchev–Trinajstić information content (AvgIpc) is 2.12. The molecule has 98 valence electrons. The summed E-state index contributed by atoms with van der Waals surface area (Å²) in [5, 5.41) is 10.6. The SMILES string of the molecule is C/C=C(\C)C(=O)O[C@H](CC(=O)[O-])C[N+](C)(C)C. The maximum Gasteiger partial charge on any atom is 0.333 e. The number of carboxylic acids is 1. The van der Waals surface area contributed by atoms with E-state index in [9.17, 15) is 14.7 Å². The average molecular weight is 243 g/mol. The summed E-state index contributed by atoms with van der Waals surface area (Å²) in [5.74, 6) is -1.69. The van der Waals surface area contributed by atoms with E-state index in [1.165, 1.54) is 0 Å². The Bertz CT molecular complexity index is 315. The Morgan fingerprint density at radius 2 is 1.88 bits per heavy atom. The summed E-state index contributed by atoms with van der Waals surface area (Å²) >= 11 is 0. The molecule has 0 aromatic rings. The Hall–Kier alpha value is -1.36. The molecule has 0 unspecified atom stereocenters. The molecule has 5 heteroatoms. The van der Waals surface area contributed by atoms with E-state index < -0.39 is 18.0 Å². The molecule has 0 amide bonds. The summed E-state index contributed by atoms with van der Waals surface area (Å²) in [6, 6.07) is 0. The van der Waals surface area contributed by atoms with Crippen molar-refractivity contribution in [3.05, 3.63) is 11.6 Å². The third-order valence-corrected chi connectivity index (χ3v) is 2.17. The lowest BCUT2D eigenvalue weighted by atomic mass is 10.2. The standard InChI is InChI=1S/C12H21NO4/c1-6-9(2)12(16)17-10(7-11(14)15)8-13(3,4)5/h6,10H,7-8H2,1-5H3/b9-6+/t10-/m1/s1. The molecule has 0 bridgehead atoms. The van der Waals surface area contributed by atoms with Crippen molar-refractivity contribution in [1.29, 1.82) is 0 Å². The first-order valence-electron chi connectivity index (χ1n) is 5.50. The van der Waals surface area contributed by atoms with Gasteiger partial charge in [-0.25, -0.2) is 4.79 Å². The van der Waals surface area contributed by atoms with Crippen LogP contribution in [0.2, 0.25) is 0 Å². The van der Waals surface area contributed by atoms with Crippen molar-refractivity contribution >= 4 is 11.9 Å². The van der Waals surface area contributed by atoms with Gasteiger partial charge in [0.15, 0.2) is 6.10 Å². The Labute approximate surface area is 102 Å².